The summed E-state index contributed by atoms with van der Waals surface area (Å²) in [5.41, 5.74) is 0.722. The first kappa shape index (κ1) is 14.8. The number of rotatable bonds is 4. The van der Waals surface area contributed by atoms with E-state index >= 15 is 0 Å². The lowest BCUT2D eigenvalue weighted by Crippen LogP contribution is -2.05. The predicted octanol–water partition coefficient (Wildman–Crippen LogP) is 3.13. The first-order valence-electron chi connectivity index (χ1n) is 5.88. The van der Waals surface area contributed by atoms with Crippen LogP contribution in [0.25, 0.3) is 0 Å². The van der Waals surface area contributed by atoms with E-state index in [4.69, 9.17) is 16.3 Å². The normalized spacial score (nSPS) is 11.2. The Labute approximate surface area is 122 Å². The van der Waals surface area contributed by atoms with E-state index in [-0.39, 0.29) is 0 Å². The molecule has 0 saturated carbocycles. The Morgan fingerprint density at radius 2 is 2.00 bits per heavy atom. The van der Waals surface area contributed by atoms with Gasteiger partial charge in [0.15, 0.2) is 0 Å². The molecule has 0 spiro atoms. The first-order chi connectivity index (χ1) is 9.40. The number of nitrogens with one attached hydrogen (secondary N) is 1. The van der Waals surface area contributed by atoms with E-state index in [2.05, 4.69) is 15.3 Å². The van der Waals surface area contributed by atoms with Crippen LogP contribution >= 0.6 is 18.7 Å². The van der Waals surface area contributed by atoms with Gasteiger partial charge >= 0.3 is 0 Å². The van der Waals surface area contributed by atoms with Gasteiger partial charge in [0.1, 0.15) is 30.2 Å². The molecule has 0 amide bonds. The number of methoxy groups -OCH3 is 1. The fourth-order valence-corrected chi connectivity index (χ4v) is 2.67. The second-order valence-electron chi connectivity index (χ2n) is 4.59. The average molecular weight is 312 g/mol. The molecule has 1 heterocycles. The van der Waals surface area contributed by atoms with Gasteiger partial charge in [0.2, 0.25) is 0 Å². The number of benzene rings is 1. The molecule has 1 N–H and O–H groups in total. The van der Waals surface area contributed by atoms with E-state index in [0.717, 1.165) is 11.0 Å². The van der Waals surface area contributed by atoms with Crippen LogP contribution in [-0.2, 0) is 4.57 Å². The average Bonchev–Trinajstić information content (AvgIpc) is 2.38. The minimum absolute atomic E-state index is 0.352. The first-order valence-corrected chi connectivity index (χ1v) is 8.86. The second kappa shape index (κ2) is 5.81. The number of hydrogen-bond acceptors (Lipinski definition) is 5. The number of halogens is 1. The molecule has 2 rings (SSSR count). The van der Waals surface area contributed by atoms with Crippen LogP contribution in [0.1, 0.15) is 0 Å². The maximum Gasteiger partial charge on any atom is 0.143 e. The fraction of sp³-hybridized carbons (Fsp3) is 0.231. The lowest BCUT2D eigenvalue weighted by molar-refractivity contribution is 0.417. The van der Waals surface area contributed by atoms with Gasteiger partial charge in [0.25, 0.3) is 0 Å². The summed E-state index contributed by atoms with van der Waals surface area (Å²) in [6.07, 6.45) is 1.37. The molecule has 0 unspecified atom stereocenters. The number of nitrogens with zero attached hydrogens (tertiary/aromatic N) is 2. The number of anilines is 2. The Balaban J connectivity index is 2.35. The standard InChI is InChI=1S/C13H15ClN3O2P/c1-19-11-6-9(20(2,3)18)4-5-10(11)17-13-7-12(14)15-8-16-13/h4-8H,1-3H3,(H,15,16,17). The summed E-state index contributed by atoms with van der Waals surface area (Å²) >= 11 is 5.81. The van der Waals surface area contributed by atoms with Crippen molar-refractivity contribution in [1.29, 1.82) is 0 Å². The van der Waals surface area contributed by atoms with Crippen LogP contribution < -0.4 is 15.4 Å². The molecule has 0 fully saturated rings. The van der Waals surface area contributed by atoms with Gasteiger partial charge in [0.05, 0.1) is 12.8 Å². The van der Waals surface area contributed by atoms with Crippen molar-refractivity contribution in [2.75, 3.05) is 25.8 Å². The molecule has 0 aliphatic rings. The van der Waals surface area contributed by atoms with Gasteiger partial charge in [-0.05, 0) is 31.5 Å². The van der Waals surface area contributed by atoms with Gasteiger partial charge in [0, 0.05) is 11.4 Å². The van der Waals surface area contributed by atoms with Crippen LogP contribution in [0.15, 0.2) is 30.6 Å². The summed E-state index contributed by atoms with van der Waals surface area (Å²) in [5, 5.41) is 4.21. The largest absolute Gasteiger partial charge is 0.495 e. The highest BCUT2D eigenvalue weighted by Crippen LogP contribution is 2.37. The van der Waals surface area contributed by atoms with Crippen molar-refractivity contribution in [3.63, 3.8) is 0 Å². The molecule has 20 heavy (non-hydrogen) atoms. The van der Waals surface area contributed by atoms with E-state index in [1.807, 2.05) is 12.1 Å². The van der Waals surface area contributed by atoms with Crippen molar-refractivity contribution >= 4 is 35.6 Å². The third-order valence-electron chi connectivity index (χ3n) is 2.70. The molecule has 5 nitrogen and oxygen atoms in total. The number of ether oxygens (including phenoxy) is 1. The molecule has 0 saturated heterocycles. The Hall–Kier alpha value is -1.58. The smallest absolute Gasteiger partial charge is 0.143 e. The van der Waals surface area contributed by atoms with Gasteiger partial charge in [-0.15, -0.1) is 0 Å². The molecule has 0 aliphatic carbocycles. The van der Waals surface area contributed by atoms with E-state index < -0.39 is 7.14 Å². The summed E-state index contributed by atoms with van der Waals surface area (Å²) in [5.74, 6) is 1.16. The highest BCUT2D eigenvalue weighted by atomic mass is 35.5. The van der Waals surface area contributed by atoms with Crippen LogP contribution in [0.4, 0.5) is 11.5 Å². The zero-order chi connectivity index (χ0) is 14.8. The Morgan fingerprint density at radius 3 is 2.60 bits per heavy atom. The minimum atomic E-state index is -2.32. The molecule has 1 aromatic carbocycles. The highest BCUT2D eigenvalue weighted by Gasteiger charge is 2.14. The molecule has 0 atom stereocenters. The van der Waals surface area contributed by atoms with E-state index in [1.165, 1.54) is 6.33 Å². The van der Waals surface area contributed by atoms with Crippen molar-refractivity contribution in [2.45, 2.75) is 0 Å². The molecule has 1 aromatic heterocycles. The summed E-state index contributed by atoms with van der Waals surface area (Å²) in [4.78, 5) is 7.88. The van der Waals surface area contributed by atoms with Gasteiger partial charge in [-0.2, -0.15) is 0 Å². The van der Waals surface area contributed by atoms with Crippen LogP contribution in [0.3, 0.4) is 0 Å². The van der Waals surface area contributed by atoms with E-state index in [9.17, 15) is 4.57 Å². The quantitative estimate of drug-likeness (QED) is 0.694. The summed E-state index contributed by atoms with van der Waals surface area (Å²) < 4.78 is 17.4. The molecule has 0 aliphatic heterocycles. The number of aromatic nitrogens is 2. The SMILES string of the molecule is COc1cc(P(C)(C)=O)ccc1Nc1cc(Cl)ncn1. The molecular weight excluding hydrogens is 297 g/mol. The Kier molecular flexibility index (Phi) is 4.31. The van der Waals surface area contributed by atoms with Crippen molar-refractivity contribution in [3.05, 3.63) is 35.7 Å². The molecule has 0 radical (unpaired) electrons. The van der Waals surface area contributed by atoms with Crippen molar-refractivity contribution in [3.8, 4) is 5.75 Å². The second-order valence-corrected chi connectivity index (χ2v) is 8.19. The topological polar surface area (TPSA) is 64.1 Å². The lowest BCUT2D eigenvalue weighted by Gasteiger charge is -2.14. The number of hydrogen-bond donors (Lipinski definition) is 1. The van der Waals surface area contributed by atoms with E-state index in [1.54, 1.807) is 32.6 Å². The predicted molar refractivity (Wildman–Crippen MR) is 82.4 cm³/mol. The third-order valence-corrected chi connectivity index (χ3v) is 4.43. The molecule has 106 valence electrons. The zero-order valence-corrected chi connectivity index (χ0v) is 13.1. The van der Waals surface area contributed by atoms with Gasteiger partial charge in [-0.1, -0.05) is 11.6 Å². The van der Waals surface area contributed by atoms with Crippen molar-refractivity contribution in [1.82, 2.24) is 9.97 Å². The monoisotopic (exact) mass is 311 g/mol. The highest BCUT2D eigenvalue weighted by molar-refractivity contribution is 7.70. The van der Waals surface area contributed by atoms with Crippen LogP contribution in [0.2, 0.25) is 5.15 Å². The molecular formula is C13H15ClN3O2P. The van der Waals surface area contributed by atoms with Crippen molar-refractivity contribution in [2.24, 2.45) is 0 Å². The van der Waals surface area contributed by atoms with Crippen LogP contribution in [0, 0.1) is 0 Å². The third kappa shape index (κ3) is 3.50. The van der Waals surface area contributed by atoms with E-state index in [0.29, 0.717) is 16.7 Å². The summed E-state index contributed by atoms with van der Waals surface area (Å²) in [6, 6.07) is 7.00. The minimum Gasteiger partial charge on any atom is -0.495 e. The van der Waals surface area contributed by atoms with Crippen LogP contribution in [0.5, 0.6) is 5.75 Å². The summed E-state index contributed by atoms with van der Waals surface area (Å²) in [7, 11) is -0.760. The maximum absolute atomic E-state index is 12.1. The maximum atomic E-state index is 12.1. The molecule has 7 heteroatoms. The van der Waals surface area contributed by atoms with Gasteiger partial charge in [-0.25, -0.2) is 9.97 Å². The summed E-state index contributed by atoms with van der Waals surface area (Å²) in [6.45, 7) is 3.44. The molecule has 0 bridgehead atoms. The van der Waals surface area contributed by atoms with Crippen molar-refractivity contribution < 1.29 is 9.30 Å². The van der Waals surface area contributed by atoms with Gasteiger partial charge in [-0.3, -0.25) is 0 Å². The zero-order valence-electron chi connectivity index (χ0n) is 11.4. The fourth-order valence-electron chi connectivity index (χ4n) is 1.66. The molecule has 2 aromatic rings. The Morgan fingerprint density at radius 1 is 1.25 bits per heavy atom. The lowest BCUT2D eigenvalue weighted by atomic mass is 10.3. The van der Waals surface area contributed by atoms with Gasteiger partial charge < -0.3 is 14.6 Å². The van der Waals surface area contributed by atoms with Crippen LogP contribution in [-0.4, -0.2) is 30.4 Å². The Bertz CT molecular complexity index is 672.